The van der Waals surface area contributed by atoms with Gasteiger partial charge >= 0.3 is 0 Å². The second kappa shape index (κ2) is 8.19. The van der Waals surface area contributed by atoms with Gasteiger partial charge in [0.2, 0.25) is 0 Å². The summed E-state index contributed by atoms with van der Waals surface area (Å²) in [7, 11) is 0. The average molecular weight is 210 g/mol. The lowest BCUT2D eigenvalue weighted by molar-refractivity contribution is 0.324. The van der Waals surface area contributed by atoms with E-state index in [1.807, 2.05) is 0 Å². The molecule has 0 aliphatic heterocycles. The summed E-state index contributed by atoms with van der Waals surface area (Å²) in [5, 5.41) is 0. The molecule has 0 aromatic carbocycles. The van der Waals surface area contributed by atoms with Crippen LogP contribution in [0.15, 0.2) is 0 Å². The van der Waals surface area contributed by atoms with Crippen LogP contribution in [0.4, 0.5) is 0 Å². The van der Waals surface area contributed by atoms with Gasteiger partial charge in [-0.15, -0.1) is 0 Å². The van der Waals surface area contributed by atoms with E-state index in [1.165, 1.54) is 57.8 Å². The number of rotatable bonds is 8. The van der Waals surface area contributed by atoms with E-state index in [9.17, 15) is 0 Å². The third-order valence-corrected chi connectivity index (χ3v) is 4.17. The normalized spacial score (nSPS) is 26.0. The molecular weight excluding hydrogens is 180 g/mol. The Bertz CT molecular complexity index is 123. The highest BCUT2D eigenvalue weighted by molar-refractivity contribution is 4.77. The topological polar surface area (TPSA) is 0 Å². The van der Waals surface area contributed by atoms with Gasteiger partial charge in [-0.05, 0) is 11.8 Å². The van der Waals surface area contributed by atoms with Crippen LogP contribution in [0.5, 0.6) is 0 Å². The van der Waals surface area contributed by atoms with Crippen molar-refractivity contribution in [3.8, 4) is 0 Å². The predicted octanol–water partition coefficient (Wildman–Crippen LogP) is 5.56. The van der Waals surface area contributed by atoms with Gasteiger partial charge in [0, 0.05) is 0 Å². The molecule has 0 aromatic rings. The lowest BCUT2D eigenvalue weighted by atomic mass is 9.87. The monoisotopic (exact) mass is 210 g/mol. The molecule has 0 spiro atoms. The van der Waals surface area contributed by atoms with Crippen molar-refractivity contribution in [2.75, 3.05) is 0 Å². The fourth-order valence-electron chi connectivity index (χ4n) is 3.19. The van der Waals surface area contributed by atoms with Crippen molar-refractivity contribution >= 4 is 0 Å². The number of hydrogen-bond donors (Lipinski definition) is 0. The van der Waals surface area contributed by atoms with E-state index in [0.29, 0.717) is 0 Å². The summed E-state index contributed by atoms with van der Waals surface area (Å²) in [6.45, 7) is 4.63. The Kier molecular flexibility index (Phi) is 7.13. The summed E-state index contributed by atoms with van der Waals surface area (Å²) in [4.78, 5) is 0. The minimum Gasteiger partial charge on any atom is -0.0654 e. The van der Waals surface area contributed by atoms with Crippen molar-refractivity contribution in [1.29, 1.82) is 0 Å². The summed E-state index contributed by atoms with van der Waals surface area (Å²) >= 11 is 0. The molecule has 0 N–H and O–H groups in total. The first-order chi connectivity index (χ1) is 7.38. The zero-order chi connectivity index (χ0) is 10.9. The molecule has 1 aliphatic carbocycles. The lowest BCUT2D eigenvalue weighted by Gasteiger charge is -2.19. The second-order valence-corrected chi connectivity index (χ2v) is 5.44. The Morgan fingerprint density at radius 3 is 1.60 bits per heavy atom. The summed E-state index contributed by atoms with van der Waals surface area (Å²) in [5.74, 6) is 2.21. The fourth-order valence-corrected chi connectivity index (χ4v) is 3.19. The van der Waals surface area contributed by atoms with Crippen LogP contribution >= 0.6 is 0 Å². The fraction of sp³-hybridized carbons (Fsp3) is 1.00. The highest BCUT2D eigenvalue weighted by Crippen LogP contribution is 2.38. The van der Waals surface area contributed by atoms with Crippen LogP contribution in [-0.2, 0) is 0 Å². The van der Waals surface area contributed by atoms with Crippen molar-refractivity contribution in [2.45, 2.75) is 84.5 Å². The quantitative estimate of drug-likeness (QED) is 0.460. The molecule has 0 radical (unpaired) electrons. The molecule has 2 atom stereocenters. The number of unbranched alkanes of at least 4 members (excludes halogenated alkanes) is 4. The van der Waals surface area contributed by atoms with E-state index in [4.69, 9.17) is 0 Å². The Morgan fingerprint density at radius 2 is 1.20 bits per heavy atom. The summed E-state index contributed by atoms with van der Waals surface area (Å²) in [6.07, 6.45) is 16.3. The van der Waals surface area contributed by atoms with E-state index < -0.39 is 0 Å². The number of hydrogen-bond acceptors (Lipinski definition) is 0. The van der Waals surface area contributed by atoms with Crippen LogP contribution in [0.1, 0.15) is 84.5 Å². The van der Waals surface area contributed by atoms with Crippen molar-refractivity contribution < 1.29 is 0 Å². The maximum absolute atomic E-state index is 2.31. The van der Waals surface area contributed by atoms with E-state index in [2.05, 4.69) is 13.8 Å². The van der Waals surface area contributed by atoms with E-state index >= 15 is 0 Å². The third-order valence-electron chi connectivity index (χ3n) is 4.17. The van der Waals surface area contributed by atoms with Gasteiger partial charge in [-0.1, -0.05) is 84.5 Å². The Hall–Kier alpha value is 0. The molecule has 0 aromatic heterocycles. The van der Waals surface area contributed by atoms with Crippen LogP contribution in [0.2, 0.25) is 0 Å². The van der Waals surface area contributed by atoms with E-state index in [0.717, 1.165) is 11.8 Å². The van der Waals surface area contributed by atoms with E-state index in [-0.39, 0.29) is 0 Å². The molecular formula is C15H30. The summed E-state index contributed by atoms with van der Waals surface area (Å²) in [5.41, 5.74) is 0. The van der Waals surface area contributed by atoms with Crippen LogP contribution < -0.4 is 0 Å². The average Bonchev–Trinajstić information content (AvgIpc) is 2.67. The Morgan fingerprint density at radius 1 is 0.733 bits per heavy atom. The molecule has 1 saturated carbocycles. The Labute approximate surface area is 96.8 Å². The van der Waals surface area contributed by atoms with Gasteiger partial charge < -0.3 is 0 Å². The molecule has 1 aliphatic rings. The van der Waals surface area contributed by atoms with Gasteiger partial charge in [0.05, 0.1) is 0 Å². The van der Waals surface area contributed by atoms with Gasteiger partial charge in [0.15, 0.2) is 0 Å². The molecule has 90 valence electrons. The third kappa shape index (κ3) is 5.04. The molecule has 0 heterocycles. The van der Waals surface area contributed by atoms with Crippen LogP contribution in [0.25, 0.3) is 0 Å². The standard InChI is InChI=1S/C15H30/c1-3-5-7-10-14-12-9-13-15(14)11-8-6-4-2/h14-15H,3-13H2,1-2H3. The molecule has 1 rings (SSSR count). The van der Waals surface area contributed by atoms with Crippen molar-refractivity contribution in [1.82, 2.24) is 0 Å². The smallest absolute Gasteiger partial charge is 0.0386 e. The van der Waals surface area contributed by atoms with Gasteiger partial charge in [0.25, 0.3) is 0 Å². The van der Waals surface area contributed by atoms with Crippen molar-refractivity contribution in [3.63, 3.8) is 0 Å². The van der Waals surface area contributed by atoms with Crippen molar-refractivity contribution in [2.24, 2.45) is 11.8 Å². The lowest BCUT2D eigenvalue weighted by Crippen LogP contribution is -2.07. The first-order valence-electron chi connectivity index (χ1n) is 7.38. The van der Waals surface area contributed by atoms with Gasteiger partial charge in [0.1, 0.15) is 0 Å². The Balaban J connectivity index is 2.11. The molecule has 0 heteroatoms. The molecule has 0 nitrogen and oxygen atoms in total. The first-order valence-corrected chi connectivity index (χ1v) is 7.38. The van der Waals surface area contributed by atoms with E-state index in [1.54, 1.807) is 12.8 Å². The predicted molar refractivity (Wildman–Crippen MR) is 69.1 cm³/mol. The minimum absolute atomic E-state index is 1.11. The van der Waals surface area contributed by atoms with Gasteiger partial charge in [-0.3, -0.25) is 0 Å². The minimum atomic E-state index is 1.11. The van der Waals surface area contributed by atoms with Gasteiger partial charge in [-0.25, -0.2) is 0 Å². The molecule has 0 saturated heterocycles. The highest BCUT2D eigenvalue weighted by Gasteiger charge is 2.25. The second-order valence-electron chi connectivity index (χ2n) is 5.44. The van der Waals surface area contributed by atoms with Crippen LogP contribution in [0.3, 0.4) is 0 Å². The molecule has 0 amide bonds. The van der Waals surface area contributed by atoms with Gasteiger partial charge in [-0.2, -0.15) is 0 Å². The van der Waals surface area contributed by atoms with Crippen LogP contribution in [0, 0.1) is 11.8 Å². The summed E-state index contributed by atoms with van der Waals surface area (Å²) < 4.78 is 0. The zero-order valence-electron chi connectivity index (χ0n) is 10.9. The molecule has 2 unspecified atom stereocenters. The summed E-state index contributed by atoms with van der Waals surface area (Å²) in [6, 6.07) is 0. The zero-order valence-corrected chi connectivity index (χ0v) is 10.9. The largest absolute Gasteiger partial charge is 0.0654 e. The maximum Gasteiger partial charge on any atom is -0.0386 e. The SMILES string of the molecule is CCCCCC1CCCC1CCCCC. The van der Waals surface area contributed by atoms with Crippen molar-refractivity contribution in [3.05, 3.63) is 0 Å². The highest BCUT2D eigenvalue weighted by atomic mass is 14.3. The maximum atomic E-state index is 2.31. The molecule has 15 heavy (non-hydrogen) atoms. The molecule has 0 bridgehead atoms. The van der Waals surface area contributed by atoms with Crippen LogP contribution in [-0.4, -0.2) is 0 Å². The molecule has 1 fully saturated rings. The first kappa shape index (κ1) is 13.1.